The summed E-state index contributed by atoms with van der Waals surface area (Å²) in [6, 6.07) is 8.64. The third-order valence-electron chi connectivity index (χ3n) is 2.64. The molecule has 18 heavy (non-hydrogen) atoms. The highest BCUT2D eigenvalue weighted by Gasteiger charge is 2.17. The van der Waals surface area contributed by atoms with E-state index in [2.05, 4.69) is 0 Å². The monoisotopic (exact) mass is 250 g/mol. The number of halogens is 2. The largest absolute Gasteiger partial charge is 0.493 e. The fourth-order valence-electron chi connectivity index (χ4n) is 1.84. The fraction of sp³-hybridized carbons (Fsp3) is 0.143. The van der Waals surface area contributed by atoms with Gasteiger partial charge < -0.3 is 9.47 Å². The molecule has 4 heteroatoms. The van der Waals surface area contributed by atoms with Crippen molar-refractivity contribution in [1.29, 1.82) is 0 Å². The van der Waals surface area contributed by atoms with Crippen LogP contribution < -0.4 is 9.47 Å². The first-order valence-electron chi connectivity index (χ1n) is 5.34. The normalized spacial score (nSPS) is 10.2. The van der Waals surface area contributed by atoms with Crippen LogP contribution in [0.1, 0.15) is 0 Å². The quantitative estimate of drug-likeness (QED) is 0.827. The van der Waals surface area contributed by atoms with Crippen molar-refractivity contribution in [3.05, 3.63) is 48.0 Å². The van der Waals surface area contributed by atoms with Crippen molar-refractivity contribution in [2.24, 2.45) is 0 Å². The second-order valence-corrected chi connectivity index (χ2v) is 3.64. The van der Waals surface area contributed by atoms with Crippen LogP contribution in [0.4, 0.5) is 8.78 Å². The number of ether oxygens (including phenoxy) is 2. The lowest BCUT2D eigenvalue weighted by Gasteiger charge is -2.13. The number of rotatable bonds is 3. The van der Waals surface area contributed by atoms with Crippen molar-refractivity contribution in [1.82, 2.24) is 0 Å². The maximum absolute atomic E-state index is 13.8. The molecule has 0 bridgehead atoms. The van der Waals surface area contributed by atoms with Gasteiger partial charge in [0.1, 0.15) is 11.6 Å². The van der Waals surface area contributed by atoms with E-state index in [4.69, 9.17) is 9.47 Å². The average molecular weight is 250 g/mol. The number of hydrogen-bond donors (Lipinski definition) is 0. The molecule has 2 rings (SSSR count). The van der Waals surface area contributed by atoms with Crippen molar-refractivity contribution in [2.75, 3.05) is 14.2 Å². The van der Waals surface area contributed by atoms with Gasteiger partial charge in [-0.15, -0.1) is 0 Å². The van der Waals surface area contributed by atoms with Crippen LogP contribution in [0.3, 0.4) is 0 Å². The summed E-state index contributed by atoms with van der Waals surface area (Å²) in [4.78, 5) is 0. The van der Waals surface area contributed by atoms with Gasteiger partial charge in [-0.2, -0.15) is 0 Å². The van der Waals surface area contributed by atoms with Crippen LogP contribution in [0.5, 0.6) is 11.5 Å². The summed E-state index contributed by atoms with van der Waals surface area (Å²) in [6.45, 7) is 0. The number of para-hydroxylation sites is 1. The maximum atomic E-state index is 13.8. The minimum atomic E-state index is -0.637. The predicted octanol–water partition coefficient (Wildman–Crippen LogP) is 3.65. The SMILES string of the molecule is COc1cccc(-c2c(F)cccc2F)c1OC. The zero-order chi connectivity index (χ0) is 13.1. The molecule has 0 radical (unpaired) electrons. The predicted molar refractivity (Wildman–Crippen MR) is 64.9 cm³/mol. The van der Waals surface area contributed by atoms with Crippen LogP contribution in [-0.2, 0) is 0 Å². The van der Waals surface area contributed by atoms with E-state index in [1.807, 2.05) is 0 Å². The Labute approximate surface area is 104 Å². The van der Waals surface area contributed by atoms with Crippen molar-refractivity contribution in [3.63, 3.8) is 0 Å². The van der Waals surface area contributed by atoms with E-state index in [0.29, 0.717) is 17.1 Å². The lowest BCUT2D eigenvalue weighted by Crippen LogP contribution is -1.96. The van der Waals surface area contributed by atoms with Crippen molar-refractivity contribution in [2.45, 2.75) is 0 Å². The van der Waals surface area contributed by atoms with E-state index in [9.17, 15) is 8.78 Å². The number of hydrogen-bond acceptors (Lipinski definition) is 2. The van der Waals surface area contributed by atoms with E-state index in [0.717, 1.165) is 0 Å². The molecule has 0 fully saturated rings. The molecule has 0 heterocycles. The van der Waals surface area contributed by atoms with Crippen molar-refractivity contribution >= 4 is 0 Å². The summed E-state index contributed by atoms with van der Waals surface area (Å²) in [6.07, 6.45) is 0. The molecule has 0 aliphatic rings. The Balaban J connectivity index is 2.71. The summed E-state index contributed by atoms with van der Waals surface area (Å²) in [7, 11) is 2.90. The van der Waals surface area contributed by atoms with Gasteiger partial charge >= 0.3 is 0 Å². The molecule has 0 aliphatic heterocycles. The van der Waals surface area contributed by atoms with Crippen LogP contribution >= 0.6 is 0 Å². The van der Waals surface area contributed by atoms with E-state index in [1.165, 1.54) is 32.4 Å². The van der Waals surface area contributed by atoms with Crippen LogP contribution in [-0.4, -0.2) is 14.2 Å². The summed E-state index contributed by atoms with van der Waals surface area (Å²) < 4.78 is 37.8. The van der Waals surface area contributed by atoms with Crippen LogP contribution in [0.2, 0.25) is 0 Å². The first kappa shape index (κ1) is 12.4. The van der Waals surface area contributed by atoms with Gasteiger partial charge in [0, 0.05) is 5.56 Å². The number of benzene rings is 2. The molecule has 0 spiro atoms. The molecule has 0 saturated heterocycles. The molecule has 0 aliphatic carbocycles. The smallest absolute Gasteiger partial charge is 0.168 e. The van der Waals surface area contributed by atoms with E-state index in [1.54, 1.807) is 18.2 Å². The van der Waals surface area contributed by atoms with Gasteiger partial charge in [0.15, 0.2) is 11.5 Å². The Morgan fingerprint density at radius 1 is 0.833 bits per heavy atom. The Morgan fingerprint density at radius 3 is 2.00 bits per heavy atom. The van der Waals surface area contributed by atoms with Gasteiger partial charge in [-0.05, 0) is 18.2 Å². The molecule has 0 aromatic heterocycles. The van der Waals surface area contributed by atoms with Gasteiger partial charge in [0.05, 0.1) is 19.8 Å². The van der Waals surface area contributed by atoms with Crippen LogP contribution in [0.15, 0.2) is 36.4 Å². The second-order valence-electron chi connectivity index (χ2n) is 3.64. The second kappa shape index (κ2) is 5.04. The summed E-state index contributed by atoms with van der Waals surface area (Å²) in [5, 5.41) is 0. The van der Waals surface area contributed by atoms with Gasteiger partial charge in [-0.1, -0.05) is 18.2 Å². The highest BCUT2D eigenvalue weighted by Crippen LogP contribution is 2.39. The molecule has 0 unspecified atom stereocenters. The molecule has 0 atom stereocenters. The van der Waals surface area contributed by atoms with Gasteiger partial charge in [0.2, 0.25) is 0 Å². The molecule has 0 saturated carbocycles. The first-order chi connectivity index (χ1) is 8.69. The summed E-state index contributed by atoms with van der Waals surface area (Å²) >= 11 is 0. The Hall–Kier alpha value is -2.10. The van der Waals surface area contributed by atoms with Gasteiger partial charge in [-0.3, -0.25) is 0 Å². The molecule has 0 N–H and O–H groups in total. The minimum Gasteiger partial charge on any atom is -0.493 e. The molecule has 2 nitrogen and oxygen atoms in total. The summed E-state index contributed by atoms with van der Waals surface area (Å²) in [5.74, 6) is -0.537. The minimum absolute atomic E-state index is 0.117. The van der Waals surface area contributed by atoms with E-state index >= 15 is 0 Å². The van der Waals surface area contributed by atoms with Crippen molar-refractivity contribution in [3.8, 4) is 22.6 Å². The van der Waals surface area contributed by atoms with Crippen LogP contribution in [0.25, 0.3) is 11.1 Å². The standard InChI is InChI=1S/C14H12F2O2/c1-17-12-8-3-5-9(14(12)18-2)13-10(15)6-4-7-11(13)16/h3-8H,1-2H3. The third-order valence-corrected chi connectivity index (χ3v) is 2.64. The Morgan fingerprint density at radius 2 is 1.44 bits per heavy atom. The van der Waals surface area contributed by atoms with Gasteiger partial charge in [-0.25, -0.2) is 8.78 Å². The topological polar surface area (TPSA) is 18.5 Å². The molecule has 0 amide bonds. The Kier molecular flexibility index (Phi) is 3.46. The zero-order valence-corrected chi connectivity index (χ0v) is 10.0. The van der Waals surface area contributed by atoms with Gasteiger partial charge in [0.25, 0.3) is 0 Å². The Bertz CT molecular complexity index is 547. The lowest BCUT2D eigenvalue weighted by atomic mass is 10.0. The molecule has 2 aromatic rings. The number of methoxy groups -OCH3 is 2. The average Bonchev–Trinajstić information content (AvgIpc) is 2.38. The molecular formula is C14H12F2O2. The molecule has 94 valence electrons. The third kappa shape index (κ3) is 2.01. The first-order valence-corrected chi connectivity index (χ1v) is 5.34. The zero-order valence-electron chi connectivity index (χ0n) is 10.0. The van der Waals surface area contributed by atoms with E-state index in [-0.39, 0.29) is 5.56 Å². The lowest BCUT2D eigenvalue weighted by molar-refractivity contribution is 0.356. The van der Waals surface area contributed by atoms with Crippen LogP contribution in [0, 0.1) is 11.6 Å². The summed E-state index contributed by atoms with van der Waals surface area (Å²) in [5.41, 5.74) is 0.209. The maximum Gasteiger partial charge on any atom is 0.168 e. The van der Waals surface area contributed by atoms with Crippen molar-refractivity contribution < 1.29 is 18.3 Å². The highest BCUT2D eigenvalue weighted by atomic mass is 19.1. The fourth-order valence-corrected chi connectivity index (χ4v) is 1.84. The highest BCUT2D eigenvalue weighted by molar-refractivity contribution is 5.74. The molecular weight excluding hydrogens is 238 g/mol. The van der Waals surface area contributed by atoms with E-state index < -0.39 is 11.6 Å². The molecule has 2 aromatic carbocycles.